The van der Waals surface area contributed by atoms with Crippen molar-refractivity contribution >= 4 is 50.0 Å². The molecule has 0 atom stereocenters. The van der Waals surface area contributed by atoms with E-state index in [0.29, 0.717) is 31.1 Å². The van der Waals surface area contributed by atoms with Gasteiger partial charge in [0.25, 0.3) is 0 Å². The zero-order valence-corrected chi connectivity index (χ0v) is 17.1. The number of rotatable bonds is 4. The fraction of sp³-hybridized carbons (Fsp3) is 0.300. The Labute approximate surface area is 172 Å². The van der Waals surface area contributed by atoms with Crippen molar-refractivity contribution in [2.45, 2.75) is 6.92 Å². The van der Waals surface area contributed by atoms with Crippen LogP contribution in [0.25, 0.3) is 10.2 Å². The molecule has 0 saturated carbocycles. The van der Waals surface area contributed by atoms with Crippen LogP contribution in [0.15, 0.2) is 42.5 Å². The first-order valence-electron chi connectivity index (χ1n) is 9.23. The van der Waals surface area contributed by atoms with Crippen molar-refractivity contribution in [2.75, 3.05) is 43.0 Å². The molecule has 1 aromatic heterocycles. The average molecular weight is 417 g/mol. The molecule has 8 heteroatoms. The monoisotopic (exact) mass is 416 g/mol. The molecule has 28 heavy (non-hydrogen) atoms. The number of nitrogens with one attached hydrogen (secondary N) is 1. The van der Waals surface area contributed by atoms with E-state index in [9.17, 15) is 4.79 Å². The normalized spacial score (nSPS) is 14.4. The van der Waals surface area contributed by atoms with Crippen molar-refractivity contribution in [2.24, 2.45) is 0 Å². The third kappa shape index (κ3) is 4.00. The Balaban J connectivity index is 1.39. The van der Waals surface area contributed by atoms with Crippen molar-refractivity contribution in [1.82, 2.24) is 9.88 Å². The number of urea groups is 1. The van der Waals surface area contributed by atoms with E-state index in [1.165, 1.54) is 0 Å². The summed E-state index contributed by atoms with van der Waals surface area (Å²) in [6.07, 6.45) is 0. The van der Waals surface area contributed by atoms with Crippen molar-refractivity contribution in [3.8, 4) is 5.75 Å². The van der Waals surface area contributed by atoms with Crippen LogP contribution in [0.1, 0.15) is 6.92 Å². The van der Waals surface area contributed by atoms with E-state index in [1.54, 1.807) is 11.3 Å². The van der Waals surface area contributed by atoms with Gasteiger partial charge in [0.2, 0.25) is 0 Å². The zero-order valence-electron chi connectivity index (χ0n) is 15.5. The molecule has 2 amide bonds. The molecule has 1 aliphatic rings. The van der Waals surface area contributed by atoms with Crippen LogP contribution in [0, 0.1) is 0 Å². The maximum absolute atomic E-state index is 12.7. The predicted octanol–water partition coefficient (Wildman–Crippen LogP) is 4.70. The summed E-state index contributed by atoms with van der Waals surface area (Å²) in [7, 11) is 0. The lowest BCUT2D eigenvalue weighted by molar-refractivity contribution is 0.208. The van der Waals surface area contributed by atoms with Crippen molar-refractivity contribution in [3.05, 3.63) is 47.5 Å². The molecule has 0 unspecified atom stereocenters. The molecule has 1 saturated heterocycles. The van der Waals surface area contributed by atoms with Gasteiger partial charge in [0.05, 0.1) is 22.5 Å². The summed E-state index contributed by atoms with van der Waals surface area (Å²) < 4.78 is 6.66. The van der Waals surface area contributed by atoms with Crippen LogP contribution in [0.5, 0.6) is 5.75 Å². The number of halogens is 1. The molecule has 2 aromatic carbocycles. The number of fused-ring (bicyclic) bond motifs is 1. The van der Waals surface area contributed by atoms with Crippen LogP contribution < -0.4 is 15.0 Å². The number of piperazine rings is 1. The number of para-hydroxylation sites is 2. The van der Waals surface area contributed by atoms with Gasteiger partial charge in [0.15, 0.2) is 5.13 Å². The van der Waals surface area contributed by atoms with Crippen LogP contribution in [0.3, 0.4) is 0 Å². The van der Waals surface area contributed by atoms with Gasteiger partial charge in [-0.05, 0) is 37.3 Å². The Morgan fingerprint density at radius 1 is 1.21 bits per heavy atom. The SMILES string of the molecule is CCOc1ccccc1NC(=O)N1CCN(c2nc3ccc(Cl)cc3s2)CC1. The van der Waals surface area contributed by atoms with Gasteiger partial charge in [0, 0.05) is 31.2 Å². The van der Waals surface area contributed by atoms with Gasteiger partial charge in [-0.25, -0.2) is 9.78 Å². The summed E-state index contributed by atoms with van der Waals surface area (Å²) in [4.78, 5) is 21.4. The minimum Gasteiger partial charge on any atom is -0.492 e. The van der Waals surface area contributed by atoms with Crippen molar-refractivity contribution in [3.63, 3.8) is 0 Å². The van der Waals surface area contributed by atoms with Gasteiger partial charge in [-0.1, -0.05) is 35.1 Å². The van der Waals surface area contributed by atoms with Gasteiger partial charge < -0.3 is 19.9 Å². The molecule has 0 aliphatic carbocycles. The molecule has 3 aromatic rings. The lowest BCUT2D eigenvalue weighted by atomic mass is 10.3. The number of carbonyl (C=O) groups is 1. The molecular formula is C20H21ClN4O2S. The highest BCUT2D eigenvalue weighted by molar-refractivity contribution is 7.22. The van der Waals surface area contributed by atoms with E-state index < -0.39 is 0 Å². The first-order chi connectivity index (χ1) is 13.6. The Bertz CT molecular complexity index is 985. The van der Waals surface area contributed by atoms with E-state index in [4.69, 9.17) is 21.3 Å². The van der Waals surface area contributed by atoms with Crippen LogP contribution in [0.4, 0.5) is 15.6 Å². The number of hydrogen-bond donors (Lipinski definition) is 1. The molecule has 0 bridgehead atoms. The van der Waals surface area contributed by atoms with Crippen LogP contribution in [-0.4, -0.2) is 48.7 Å². The number of carbonyl (C=O) groups excluding carboxylic acids is 1. The van der Waals surface area contributed by atoms with E-state index in [2.05, 4.69) is 10.2 Å². The summed E-state index contributed by atoms with van der Waals surface area (Å²) in [5.74, 6) is 0.685. The summed E-state index contributed by atoms with van der Waals surface area (Å²) in [5.41, 5.74) is 1.65. The number of amides is 2. The van der Waals surface area contributed by atoms with Crippen LogP contribution >= 0.6 is 22.9 Å². The number of anilines is 2. The second-order valence-electron chi connectivity index (χ2n) is 6.44. The molecule has 0 spiro atoms. The van der Waals surface area contributed by atoms with E-state index in [-0.39, 0.29) is 6.03 Å². The molecule has 1 aliphatic heterocycles. The lowest BCUT2D eigenvalue weighted by Crippen LogP contribution is -2.50. The third-order valence-corrected chi connectivity index (χ3v) is 5.92. The van der Waals surface area contributed by atoms with E-state index in [1.807, 2.05) is 54.3 Å². The lowest BCUT2D eigenvalue weighted by Gasteiger charge is -2.34. The van der Waals surface area contributed by atoms with Crippen LogP contribution in [0.2, 0.25) is 5.02 Å². The molecule has 4 rings (SSSR count). The Morgan fingerprint density at radius 3 is 2.79 bits per heavy atom. The Kier molecular flexibility index (Phi) is 5.54. The van der Waals surface area contributed by atoms with Gasteiger partial charge >= 0.3 is 6.03 Å². The minimum atomic E-state index is -0.108. The molecule has 2 heterocycles. The van der Waals surface area contributed by atoms with E-state index in [0.717, 1.165) is 33.5 Å². The van der Waals surface area contributed by atoms with Crippen molar-refractivity contribution in [1.29, 1.82) is 0 Å². The Morgan fingerprint density at radius 2 is 2.00 bits per heavy atom. The predicted molar refractivity (Wildman–Crippen MR) is 115 cm³/mol. The number of hydrogen-bond acceptors (Lipinski definition) is 5. The first-order valence-corrected chi connectivity index (χ1v) is 10.4. The quantitative estimate of drug-likeness (QED) is 0.669. The first kappa shape index (κ1) is 18.8. The molecule has 1 fully saturated rings. The summed E-state index contributed by atoms with van der Waals surface area (Å²) in [6, 6.07) is 13.1. The standard InChI is InChI=1S/C20H21ClN4O2S/c1-2-27-17-6-4-3-5-15(17)22-19(26)24-9-11-25(12-10-24)20-23-16-8-7-14(21)13-18(16)28-20/h3-8,13H,2,9-12H2,1H3,(H,22,26). The highest BCUT2D eigenvalue weighted by Crippen LogP contribution is 2.31. The number of ether oxygens (including phenoxy) is 1. The number of nitrogens with zero attached hydrogens (tertiary/aromatic N) is 3. The second kappa shape index (κ2) is 8.24. The summed E-state index contributed by atoms with van der Waals surface area (Å²) in [6.45, 7) is 5.24. The zero-order chi connectivity index (χ0) is 19.5. The largest absolute Gasteiger partial charge is 0.492 e. The average Bonchev–Trinajstić information content (AvgIpc) is 3.13. The Hall–Kier alpha value is -2.51. The fourth-order valence-corrected chi connectivity index (χ4v) is 4.46. The fourth-order valence-electron chi connectivity index (χ4n) is 3.17. The smallest absolute Gasteiger partial charge is 0.322 e. The summed E-state index contributed by atoms with van der Waals surface area (Å²) in [5, 5.41) is 4.65. The minimum absolute atomic E-state index is 0.108. The third-order valence-electron chi connectivity index (χ3n) is 4.61. The van der Waals surface area contributed by atoms with Crippen LogP contribution in [-0.2, 0) is 0 Å². The maximum atomic E-state index is 12.7. The van der Waals surface area contributed by atoms with Gasteiger partial charge in [0.1, 0.15) is 5.75 Å². The molecule has 146 valence electrons. The number of benzene rings is 2. The highest BCUT2D eigenvalue weighted by Gasteiger charge is 2.23. The van der Waals surface area contributed by atoms with E-state index >= 15 is 0 Å². The number of thiazole rings is 1. The van der Waals surface area contributed by atoms with Gasteiger partial charge in [-0.2, -0.15) is 0 Å². The maximum Gasteiger partial charge on any atom is 0.322 e. The topological polar surface area (TPSA) is 57.7 Å². The molecular weight excluding hydrogens is 396 g/mol. The molecule has 6 nitrogen and oxygen atoms in total. The second-order valence-corrected chi connectivity index (χ2v) is 7.89. The number of aromatic nitrogens is 1. The molecule has 0 radical (unpaired) electrons. The van der Waals surface area contributed by atoms with Crippen molar-refractivity contribution < 1.29 is 9.53 Å². The highest BCUT2D eigenvalue weighted by atomic mass is 35.5. The van der Waals surface area contributed by atoms with Gasteiger partial charge in [-0.15, -0.1) is 0 Å². The van der Waals surface area contributed by atoms with Gasteiger partial charge in [-0.3, -0.25) is 0 Å². The summed E-state index contributed by atoms with van der Waals surface area (Å²) >= 11 is 7.70. The molecule has 1 N–H and O–H groups in total.